The minimum Gasteiger partial charge on any atom is -0.339 e. The summed E-state index contributed by atoms with van der Waals surface area (Å²) in [6.45, 7) is 10.2. The van der Waals surface area contributed by atoms with Crippen LogP contribution in [-0.2, 0) is 12.1 Å². The zero-order valence-electron chi connectivity index (χ0n) is 14.1. The van der Waals surface area contributed by atoms with E-state index in [4.69, 9.17) is 0 Å². The van der Waals surface area contributed by atoms with Crippen molar-refractivity contribution >= 4 is 17.2 Å². The fourth-order valence-corrected chi connectivity index (χ4v) is 3.06. The second-order valence-electron chi connectivity index (χ2n) is 6.02. The Labute approximate surface area is 139 Å². The average molecular weight is 334 g/mol. The predicted molar refractivity (Wildman–Crippen MR) is 90.9 cm³/mol. The molecule has 2 aromatic heterocycles. The molecule has 0 aliphatic rings. The van der Waals surface area contributed by atoms with Crippen molar-refractivity contribution in [1.82, 2.24) is 20.1 Å². The zero-order chi connectivity index (χ0) is 17.2. The van der Waals surface area contributed by atoms with Gasteiger partial charge in [0.25, 0.3) is 11.5 Å². The molecule has 23 heavy (non-hydrogen) atoms. The molecule has 2 aromatic rings. The smallest absolute Gasteiger partial charge is 0.272 e. The molecule has 0 radical (unpaired) electrons. The lowest BCUT2D eigenvalue weighted by Crippen LogP contribution is -2.42. The van der Waals surface area contributed by atoms with E-state index < -0.39 is 5.54 Å². The van der Waals surface area contributed by atoms with E-state index in [0.29, 0.717) is 6.54 Å². The number of thiazole rings is 1. The fraction of sp³-hybridized carbons (Fsp3) is 0.500. The number of carbonyl (C=O) groups is 1. The molecule has 0 aliphatic carbocycles. The largest absolute Gasteiger partial charge is 0.339 e. The lowest BCUT2D eigenvalue weighted by molar-refractivity contribution is 0.0904. The Morgan fingerprint density at radius 1 is 1.35 bits per heavy atom. The van der Waals surface area contributed by atoms with Crippen LogP contribution in [0.1, 0.15) is 53.3 Å². The summed E-state index contributed by atoms with van der Waals surface area (Å²) in [4.78, 5) is 29.8. The summed E-state index contributed by atoms with van der Waals surface area (Å²) in [6, 6.07) is 2.83. The van der Waals surface area contributed by atoms with Crippen molar-refractivity contribution in [3.05, 3.63) is 43.8 Å². The topological polar surface area (TPSA) is 76.9 Å². The molecule has 1 amide bonds. The number of rotatable bonds is 5. The van der Waals surface area contributed by atoms with Gasteiger partial charge in [0.1, 0.15) is 10.7 Å². The van der Waals surface area contributed by atoms with Crippen molar-refractivity contribution in [3.8, 4) is 0 Å². The summed E-state index contributed by atoms with van der Waals surface area (Å²) < 4.78 is 1.32. The van der Waals surface area contributed by atoms with Crippen molar-refractivity contribution in [2.75, 3.05) is 0 Å². The highest BCUT2D eigenvalue weighted by Gasteiger charge is 2.28. The first-order valence-corrected chi connectivity index (χ1v) is 8.41. The van der Waals surface area contributed by atoms with E-state index >= 15 is 0 Å². The highest BCUT2D eigenvalue weighted by Crippen LogP contribution is 2.27. The van der Waals surface area contributed by atoms with E-state index in [1.54, 1.807) is 11.3 Å². The first-order valence-electron chi connectivity index (χ1n) is 7.59. The predicted octanol–water partition coefficient (Wildman–Crippen LogP) is 2.39. The number of hydrogen-bond donors (Lipinski definition) is 1. The van der Waals surface area contributed by atoms with Crippen LogP contribution in [0, 0.1) is 13.8 Å². The van der Waals surface area contributed by atoms with E-state index in [1.807, 2.05) is 34.6 Å². The number of aromatic nitrogens is 3. The first-order chi connectivity index (χ1) is 10.7. The van der Waals surface area contributed by atoms with Crippen molar-refractivity contribution in [3.63, 3.8) is 0 Å². The molecule has 7 heteroatoms. The van der Waals surface area contributed by atoms with Crippen LogP contribution in [0.3, 0.4) is 0 Å². The highest BCUT2D eigenvalue weighted by molar-refractivity contribution is 7.11. The summed E-state index contributed by atoms with van der Waals surface area (Å²) in [5, 5.41) is 7.94. The third-order valence-electron chi connectivity index (χ3n) is 3.52. The van der Waals surface area contributed by atoms with Crippen LogP contribution >= 0.6 is 11.3 Å². The Morgan fingerprint density at radius 2 is 2.04 bits per heavy atom. The summed E-state index contributed by atoms with van der Waals surface area (Å²) in [5.74, 6) is -0.314. The van der Waals surface area contributed by atoms with Gasteiger partial charge in [-0.15, -0.1) is 11.3 Å². The van der Waals surface area contributed by atoms with Gasteiger partial charge in [0.2, 0.25) is 0 Å². The number of nitrogens with zero attached hydrogens (tertiary/aromatic N) is 3. The number of aryl methyl sites for hydroxylation is 3. The highest BCUT2D eigenvalue weighted by atomic mass is 32.1. The van der Waals surface area contributed by atoms with Gasteiger partial charge in [0.05, 0.1) is 11.2 Å². The Bertz CT molecular complexity index is 757. The van der Waals surface area contributed by atoms with Gasteiger partial charge in [0, 0.05) is 17.5 Å². The van der Waals surface area contributed by atoms with Crippen LogP contribution < -0.4 is 10.9 Å². The maximum absolute atomic E-state index is 12.5. The maximum Gasteiger partial charge on any atom is 0.272 e. The number of amides is 1. The molecular weight excluding hydrogens is 312 g/mol. The van der Waals surface area contributed by atoms with Crippen molar-refractivity contribution < 1.29 is 4.79 Å². The number of carbonyl (C=O) groups excluding carboxylic acids is 1. The maximum atomic E-state index is 12.5. The van der Waals surface area contributed by atoms with Gasteiger partial charge in [-0.1, -0.05) is 6.92 Å². The van der Waals surface area contributed by atoms with E-state index in [1.165, 1.54) is 16.8 Å². The number of hydrogen-bond acceptors (Lipinski definition) is 5. The molecule has 0 unspecified atom stereocenters. The van der Waals surface area contributed by atoms with Gasteiger partial charge in [-0.25, -0.2) is 9.67 Å². The molecule has 1 N–H and O–H groups in total. The van der Waals surface area contributed by atoms with Crippen LogP contribution in [0.2, 0.25) is 0 Å². The zero-order valence-corrected chi connectivity index (χ0v) is 15.0. The van der Waals surface area contributed by atoms with E-state index in [-0.39, 0.29) is 17.2 Å². The monoisotopic (exact) mass is 334 g/mol. The van der Waals surface area contributed by atoms with E-state index in [2.05, 4.69) is 15.4 Å². The lowest BCUT2D eigenvalue weighted by atomic mass is 10.1. The molecule has 0 aliphatic heterocycles. The van der Waals surface area contributed by atoms with Gasteiger partial charge in [-0.2, -0.15) is 5.10 Å². The molecule has 0 atom stereocenters. The van der Waals surface area contributed by atoms with Gasteiger partial charge in [0.15, 0.2) is 0 Å². The Hall–Kier alpha value is -2.02. The lowest BCUT2D eigenvalue weighted by Gasteiger charge is -2.23. The number of nitrogens with one attached hydrogen (secondary N) is 1. The molecule has 2 heterocycles. The summed E-state index contributed by atoms with van der Waals surface area (Å²) >= 11 is 1.57. The molecule has 2 rings (SSSR count). The van der Waals surface area contributed by atoms with Crippen LogP contribution in [0.5, 0.6) is 0 Å². The molecule has 0 spiro atoms. The standard InChI is InChI=1S/C16H22N4O2S/c1-6-9-20-13(21)8-7-12(19-20)14(22)18-16(4,5)15-17-10(2)11(3)23-15/h7-8H,6,9H2,1-5H3,(H,18,22). The van der Waals surface area contributed by atoms with Gasteiger partial charge >= 0.3 is 0 Å². The quantitative estimate of drug-likeness (QED) is 0.911. The molecule has 0 aromatic carbocycles. The minimum atomic E-state index is -0.603. The average Bonchev–Trinajstić information content (AvgIpc) is 2.81. The van der Waals surface area contributed by atoms with Crippen LogP contribution in [-0.4, -0.2) is 20.7 Å². The van der Waals surface area contributed by atoms with Crippen molar-refractivity contribution in [2.45, 2.75) is 53.1 Å². The van der Waals surface area contributed by atoms with Crippen LogP contribution in [0.15, 0.2) is 16.9 Å². The summed E-state index contributed by atoms with van der Waals surface area (Å²) in [5.41, 5.74) is 0.403. The Kier molecular flexibility index (Phi) is 4.99. The Morgan fingerprint density at radius 3 is 2.61 bits per heavy atom. The molecule has 0 saturated heterocycles. The van der Waals surface area contributed by atoms with Gasteiger partial charge in [-0.3, -0.25) is 9.59 Å². The first kappa shape index (κ1) is 17.3. The molecule has 0 fully saturated rings. The third kappa shape index (κ3) is 3.85. The van der Waals surface area contributed by atoms with Crippen LogP contribution in [0.25, 0.3) is 0 Å². The van der Waals surface area contributed by atoms with E-state index in [0.717, 1.165) is 22.0 Å². The molecular formula is C16H22N4O2S. The molecule has 6 nitrogen and oxygen atoms in total. The normalized spacial score (nSPS) is 11.5. The second-order valence-corrected chi connectivity index (χ2v) is 7.22. The summed E-state index contributed by atoms with van der Waals surface area (Å²) in [7, 11) is 0. The minimum absolute atomic E-state index is 0.200. The van der Waals surface area contributed by atoms with Crippen molar-refractivity contribution in [2.24, 2.45) is 0 Å². The molecule has 0 bridgehead atoms. The van der Waals surface area contributed by atoms with Gasteiger partial charge < -0.3 is 5.32 Å². The van der Waals surface area contributed by atoms with Gasteiger partial charge in [-0.05, 0) is 40.2 Å². The SMILES string of the molecule is CCCn1nc(C(=O)NC(C)(C)c2nc(C)c(C)s2)ccc1=O. The van der Waals surface area contributed by atoms with Crippen LogP contribution in [0.4, 0.5) is 0 Å². The summed E-state index contributed by atoms with van der Waals surface area (Å²) in [6.07, 6.45) is 0.779. The van der Waals surface area contributed by atoms with E-state index in [9.17, 15) is 9.59 Å². The fourth-order valence-electron chi connectivity index (χ4n) is 2.08. The van der Waals surface area contributed by atoms with Crippen molar-refractivity contribution in [1.29, 1.82) is 0 Å². The molecule has 0 saturated carbocycles. The second kappa shape index (κ2) is 6.62. The molecule has 124 valence electrons. The Balaban J connectivity index is 2.24. The third-order valence-corrected chi connectivity index (χ3v) is 4.92.